The maximum atomic E-state index is 5.27. The Kier molecular flexibility index (Phi) is 4.42. The van der Waals surface area contributed by atoms with E-state index < -0.39 is 0 Å². The molecule has 0 amide bonds. The van der Waals surface area contributed by atoms with Crippen LogP contribution in [0, 0.1) is 6.92 Å². The summed E-state index contributed by atoms with van der Waals surface area (Å²) in [5.74, 6) is 0.980. The molecule has 1 aromatic heterocycles. The minimum absolute atomic E-state index is 0.786. The number of hydrogen-bond acceptors (Lipinski definition) is 3. The zero-order chi connectivity index (χ0) is 12.8. The molecule has 0 aliphatic rings. The van der Waals surface area contributed by atoms with Crippen LogP contribution in [0.4, 0.5) is 5.69 Å². The van der Waals surface area contributed by atoms with Crippen molar-refractivity contribution in [3.8, 4) is 0 Å². The molecule has 3 heteroatoms. The molecule has 0 fully saturated rings. The van der Waals surface area contributed by atoms with Gasteiger partial charge in [0, 0.05) is 25.8 Å². The summed E-state index contributed by atoms with van der Waals surface area (Å²) in [7, 11) is 2.12. The van der Waals surface area contributed by atoms with Crippen molar-refractivity contribution in [3.05, 3.63) is 54.0 Å². The van der Waals surface area contributed by atoms with Gasteiger partial charge in [-0.05, 0) is 30.7 Å². The highest BCUT2D eigenvalue weighted by molar-refractivity contribution is 5.52. The summed E-state index contributed by atoms with van der Waals surface area (Å²) in [5, 5.41) is 3.37. The van der Waals surface area contributed by atoms with Gasteiger partial charge in [0.15, 0.2) is 0 Å². The molecular weight excluding hydrogens is 224 g/mol. The van der Waals surface area contributed by atoms with Gasteiger partial charge in [-0.25, -0.2) is 0 Å². The van der Waals surface area contributed by atoms with Gasteiger partial charge >= 0.3 is 0 Å². The van der Waals surface area contributed by atoms with Crippen LogP contribution in [0.3, 0.4) is 0 Å². The molecule has 2 aromatic rings. The Morgan fingerprint density at radius 2 is 2.00 bits per heavy atom. The van der Waals surface area contributed by atoms with Gasteiger partial charge in [-0.15, -0.1) is 0 Å². The largest absolute Gasteiger partial charge is 0.468 e. The Balaban J connectivity index is 1.75. The standard InChI is InChI=1S/C15H20N2O/c1-13-6-3-4-8-15(13)17(2)10-9-16-12-14-7-5-11-18-14/h3-8,11,16H,9-10,12H2,1-2H3. The number of likely N-dealkylation sites (N-methyl/N-ethyl adjacent to an activating group) is 1. The van der Waals surface area contributed by atoms with Crippen LogP contribution in [0.2, 0.25) is 0 Å². The quantitative estimate of drug-likeness (QED) is 0.792. The minimum Gasteiger partial charge on any atom is -0.468 e. The normalized spacial score (nSPS) is 10.6. The van der Waals surface area contributed by atoms with E-state index in [0.29, 0.717) is 0 Å². The fourth-order valence-electron chi connectivity index (χ4n) is 1.98. The van der Waals surface area contributed by atoms with E-state index in [-0.39, 0.29) is 0 Å². The van der Waals surface area contributed by atoms with Crippen LogP contribution < -0.4 is 10.2 Å². The number of rotatable bonds is 6. The number of nitrogens with zero attached hydrogens (tertiary/aromatic N) is 1. The molecule has 0 aliphatic heterocycles. The summed E-state index contributed by atoms with van der Waals surface area (Å²) in [5.41, 5.74) is 2.60. The van der Waals surface area contributed by atoms with E-state index in [9.17, 15) is 0 Å². The first-order chi connectivity index (χ1) is 8.77. The SMILES string of the molecule is Cc1ccccc1N(C)CCNCc1ccco1. The van der Waals surface area contributed by atoms with Crippen molar-refractivity contribution < 1.29 is 4.42 Å². The Bertz CT molecular complexity index is 465. The average molecular weight is 244 g/mol. The Hall–Kier alpha value is -1.74. The minimum atomic E-state index is 0.786. The molecule has 0 saturated heterocycles. The van der Waals surface area contributed by atoms with Gasteiger partial charge in [-0.3, -0.25) is 0 Å². The van der Waals surface area contributed by atoms with Crippen molar-refractivity contribution in [1.29, 1.82) is 0 Å². The number of benzene rings is 1. The number of anilines is 1. The van der Waals surface area contributed by atoms with Crippen LogP contribution in [-0.4, -0.2) is 20.1 Å². The lowest BCUT2D eigenvalue weighted by Gasteiger charge is -2.21. The second kappa shape index (κ2) is 6.26. The van der Waals surface area contributed by atoms with E-state index in [0.717, 1.165) is 25.4 Å². The summed E-state index contributed by atoms with van der Waals surface area (Å²) in [6.45, 7) is 4.84. The third kappa shape index (κ3) is 3.37. The lowest BCUT2D eigenvalue weighted by molar-refractivity contribution is 0.484. The molecule has 0 atom stereocenters. The summed E-state index contributed by atoms with van der Waals surface area (Å²) < 4.78 is 5.27. The van der Waals surface area contributed by atoms with Gasteiger partial charge in [-0.1, -0.05) is 18.2 Å². The third-order valence-corrected chi connectivity index (χ3v) is 3.03. The fourth-order valence-corrected chi connectivity index (χ4v) is 1.98. The van der Waals surface area contributed by atoms with Gasteiger partial charge in [0.2, 0.25) is 0 Å². The van der Waals surface area contributed by atoms with Gasteiger partial charge in [-0.2, -0.15) is 0 Å². The van der Waals surface area contributed by atoms with E-state index in [1.54, 1.807) is 6.26 Å². The predicted octanol–water partition coefficient (Wildman–Crippen LogP) is 2.81. The lowest BCUT2D eigenvalue weighted by Crippen LogP contribution is -2.29. The van der Waals surface area contributed by atoms with E-state index in [2.05, 4.69) is 48.5 Å². The molecule has 1 heterocycles. The topological polar surface area (TPSA) is 28.4 Å². The molecule has 0 aliphatic carbocycles. The van der Waals surface area contributed by atoms with Crippen LogP contribution in [0.15, 0.2) is 47.1 Å². The summed E-state index contributed by atoms with van der Waals surface area (Å²) in [6, 6.07) is 12.3. The first-order valence-corrected chi connectivity index (χ1v) is 6.27. The highest BCUT2D eigenvalue weighted by Crippen LogP contribution is 2.16. The Labute approximate surface area is 108 Å². The smallest absolute Gasteiger partial charge is 0.117 e. The number of nitrogens with one attached hydrogen (secondary N) is 1. The molecular formula is C15H20N2O. The molecule has 3 nitrogen and oxygen atoms in total. The predicted molar refractivity (Wildman–Crippen MR) is 74.9 cm³/mol. The zero-order valence-corrected chi connectivity index (χ0v) is 11.0. The van der Waals surface area contributed by atoms with Crippen LogP contribution in [0.1, 0.15) is 11.3 Å². The summed E-state index contributed by atoms with van der Waals surface area (Å²) in [6.07, 6.45) is 1.70. The van der Waals surface area contributed by atoms with Gasteiger partial charge in [0.1, 0.15) is 5.76 Å². The second-order valence-electron chi connectivity index (χ2n) is 4.46. The van der Waals surface area contributed by atoms with Crippen molar-refractivity contribution in [1.82, 2.24) is 5.32 Å². The molecule has 1 aromatic carbocycles. The Morgan fingerprint density at radius 1 is 1.17 bits per heavy atom. The molecule has 0 spiro atoms. The highest BCUT2D eigenvalue weighted by Gasteiger charge is 2.03. The molecule has 0 bridgehead atoms. The molecule has 0 radical (unpaired) electrons. The number of furan rings is 1. The Morgan fingerprint density at radius 3 is 2.72 bits per heavy atom. The first kappa shape index (κ1) is 12.7. The maximum absolute atomic E-state index is 5.27. The monoisotopic (exact) mass is 244 g/mol. The van der Waals surface area contributed by atoms with Crippen molar-refractivity contribution in [3.63, 3.8) is 0 Å². The number of aryl methyl sites for hydroxylation is 1. The third-order valence-electron chi connectivity index (χ3n) is 3.03. The molecule has 2 rings (SSSR count). The van der Waals surface area contributed by atoms with E-state index in [1.807, 2.05) is 12.1 Å². The van der Waals surface area contributed by atoms with Crippen molar-refractivity contribution in [2.45, 2.75) is 13.5 Å². The molecule has 1 N–H and O–H groups in total. The van der Waals surface area contributed by atoms with Gasteiger partial charge in [0.05, 0.1) is 12.8 Å². The zero-order valence-electron chi connectivity index (χ0n) is 11.0. The lowest BCUT2D eigenvalue weighted by atomic mass is 10.2. The van der Waals surface area contributed by atoms with E-state index in [4.69, 9.17) is 4.42 Å². The van der Waals surface area contributed by atoms with Crippen LogP contribution >= 0.6 is 0 Å². The fraction of sp³-hybridized carbons (Fsp3) is 0.333. The van der Waals surface area contributed by atoms with Crippen LogP contribution in [0.5, 0.6) is 0 Å². The van der Waals surface area contributed by atoms with Gasteiger partial charge < -0.3 is 14.6 Å². The van der Waals surface area contributed by atoms with Crippen molar-refractivity contribution >= 4 is 5.69 Å². The number of hydrogen-bond donors (Lipinski definition) is 1. The van der Waals surface area contributed by atoms with Gasteiger partial charge in [0.25, 0.3) is 0 Å². The highest BCUT2D eigenvalue weighted by atomic mass is 16.3. The molecule has 96 valence electrons. The first-order valence-electron chi connectivity index (χ1n) is 6.27. The number of para-hydroxylation sites is 1. The molecule has 0 saturated carbocycles. The van der Waals surface area contributed by atoms with E-state index >= 15 is 0 Å². The van der Waals surface area contributed by atoms with Crippen LogP contribution in [0.25, 0.3) is 0 Å². The average Bonchev–Trinajstić information content (AvgIpc) is 2.88. The second-order valence-corrected chi connectivity index (χ2v) is 4.46. The van der Waals surface area contributed by atoms with E-state index in [1.165, 1.54) is 11.3 Å². The maximum Gasteiger partial charge on any atom is 0.117 e. The van der Waals surface area contributed by atoms with Crippen molar-refractivity contribution in [2.24, 2.45) is 0 Å². The molecule has 0 unspecified atom stereocenters. The molecule has 18 heavy (non-hydrogen) atoms. The van der Waals surface area contributed by atoms with Crippen LogP contribution in [-0.2, 0) is 6.54 Å². The summed E-state index contributed by atoms with van der Waals surface area (Å²) in [4.78, 5) is 2.27. The summed E-state index contributed by atoms with van der Waals surface area (Å²) >= 11 is 0. The van der Waals surface area contributed by atoms with Crippen molar-refractivity contribution in [2.75, 3.05) is 25.0 Å².